The molecule has 0 aromatic heterocycles. The molecule has 0 saturated carbocycles. The van der Waals surface area contributed by atoms with E-state index in [0.29, 0.717) is 18.8 Å². The molecule has 1 aromatic rings. The van der Waals surface area contributed by atoms with Gasteiger partial charge in [0.15, 0.2) is 0 Å². The van der Waals surface area contributed by atoms with Crippen molar-refractivity contribution < 1.29 is 9.47 Å². The van der Waals surface area contributed by atoms with Crippen molar-refractivity contribution in [2.75, 3.05) is 19.8 Å². The minimum Gasteiger partial charge on any atom is -0.492 e. The van der Waals surface area contributed by atoms with Crippen LogP contribution in [0.2, 0.25) is 0 Å². The van der Waals surface area contributed by atoms with Crippen LogP contribution in [0.3, 0.4) is 0 Å². The molecule has 2 rings (SSSR count). The second-order valence-corrected chi connectivity index (χ2v) is 5.89. The summed E-state index contributed by atoms with van der Waals surface area (Å²) in [7, 11) is 0. The van der Waals surface area contributed by atoms with Crippen LogP contribution in [0.5, 0.6) is 5.75 Å². The van der Waals surface area contributed by atoms with E-state index < -0.39 is 0 Å². The van der Waals surface area contributed by atoms with Crippen LogP contribution in [-0.2, 0) is 11.2 Å². The third-order valence-corrected chi connectivity index (χ3v) is 4.10. The first kappa shape index (κ1) is 16.3. The molecule has 1 fully saturated rings. The molecule has 1 aliphatic heterocycles. The quantitative estimate of drug-likeness (QED) is 0.706. The Morgan fingerprint density at radius 2 is 2.14 bits per heavy atom. The summed E-state index contributed by atoms with van der Waals surface area (Å²) >= 11 is 0. The molecule has 21 heavy (non-hydrogen) atoms. The number of ether oxygens (including phenoxy) is 2. The number of hydrogen-bond acceptors (Lipinski definition) is 3. The molecule has 1 aromatic carbocycles. The summed E-state index contributed by atoms with van der Waals surface area (Å²) in [6, 6.07) is 8.91. The summed E-state index contributed by atoms with van der Waals surface area (Å²) in [6.45, 7) is 6.89. The molecular formula is C18H29NO2. The molecule has 0 radical (unpaired) electrons. The summed E-state index contributed by atoms with van der Waals surface area (Å²) in [5.41, 5.74) is 1.40. The minimum atomic E-state index is 0.378. The van der Waals surface area contributed by atoms with Crippen molar-refractivity contribution in [1.29, 1.82) is 0 Å². The van der Waals surface area contributed by atoms with E-state index in [9.17, 15) is 0 Å². The summed E-state index contributed by atoms with van der Waals surface area (Å²) in [6.07, 6.45) is 6.41. The number of benzene rings is 1. The van der Waals surface area contributed by atoms with Gasteiger partial charge in [-0.25, -0.2) is 0 Å². The Morgan fingerprint density at radius 1 is 1.33 bits per heavy atom. The van der Waals surface area contributed by atoms with E-state index in [-0.39, 0.29) is 0 Å². The van der Waals surface area contributed by atoms with E-state index in [1.807, 2.05) is 0 Å². The van der Waals surface area contributed by atoms with Gasteiger partial charge in [0.05, 0.1) is 6.10 Å². The fraction of sp³-hybridized carbons (Fsp3) is 0.667. The fourth-order valence-electron chi connectivity index (χ4n) is 2.72. The predicted octanol–water partition coefficient (Wildman–Crippen LogP) is 3.57. The Kier molecular flexibility index (Phi) is 7.04. The summed E-state index contributed by atoms with van der Waals surface area (Å²) in [5.74, 6) is 0.960. The Bertz CT molecular complexity index is 385. The number of nitrogens with one attached hydrogen (secondary N) is 1. The lowest BCUT2D eigenvalue weighted by Crippen LogP contribution is -2.39. The molecule has 2 atom stereocenters. The number of unbranched alkanes of at least 4 members (excludes halogenated alkanes) is 1. The van der Waals surface area contributed by atoms with Gasteiger partial charge in [-0.1, -0.05) is 25.5 Å². The van der Waals surface area contributed by atoms with Crippen molar-refractivity contribution in [3.05, 3.63) is 29.8 Å². The van der Waals surface area contributed by atoms with E-state index in [1.54, 1.807) is 0 Å². The van der Waals surface area contributed by atoms with E-state index in [0.717, 1.165) is 25.3 Å². The van der Waals surface area contributed by atoms with Gasteiger partial charge in [-0.3, -0.25) is 0 Å². The van der Waals surface area contributed by atoms with Crippen LogP contribution in [-0.4, -0.2) is 31.9 Å². The molecule has 1 N–H and O–H groups in total. The van der Waals surface area contributed by atoms with Gasteiger partial charge in [0.25, 0.3) is 0 Å². The highest BCUT2D eigenvalue weighted by Crippen LogP contribution is 2.16. The van der Waals surface area contributed by atoms with Gasteiger partial charge in [0, 0.05) is 19.2 Å². The topological polar surface area (TPSA) is 30.5 Å². The number of rotatable bonds is 9. The first-order valence-electron chi connectivity index (χ1n) is 8.36. The number of hydrogen-bond donors (Lipinski definition) is 1. The molecule has 0 amide bonds. The lowest BCUT2D eigenvalue weighted by Gasteiger charge is -2.20. The Morgan fingerprint density at radius 3 is 2.81 bits per heavy atom. The summed E-state index contributed by atoms with van der Waals surface area (Å²) in [5, 5.41) is 3.48. The standard InChI is InChI=1S/C18H29NO2/c1-3-4-6-16-8-10-17(11-9-16)20-14-12-19-15(2)18-7-5-13-21-18/h8-11,15,18-19H,3-7,12-14H2,1-2H3. The van der Waals surface area contributed by atoms with E-state index in [2.05, 4.69) is 43.4 Å². The zero-order valence-corrected chi connectivity index (χ0v) is 13.4. The summed E-state index contributed by atoms with van der Waals surface area (Å²) < 4.78 is 11.4. The molecule has 0 spiro atoms. The molecule has 3 nitrogen and oxygen atoms in total. The molecule has 118 valence electrons. The summed E-state index contributed by atoms with van der Waals surface area (Å²) in [4.78, 5) is 0. The third kappa shape index (κ3) is 5.68. The second kappa shape index (κ2) is 9.06. The normalized spacial score (nSPS) is 19.6. The number of aryl methyl sites for hydroxylation is 1. The smallest absolute Gasteiger partial charge is 0.119 e. The zero-order valence-electron chi connectivity index (χ0n) is 13.4. The average Bonchev–Trinajstić information content (AvgIpc) is 3.05. The Hall–Kier alpha value is -1.06. The highest BCUT2D eigenvalue weighted by Gasteiger charge is 2.21. The van der Waals surface area contributed by atoms with Gasteiger partial charge in [0.2, 0.25) is 0 Å². The van der Waals surface area contributed by atoms with Gasteiger partial charge in [0.1, 0.15) is 12.4 Å². The second-order valence-electron chi connectivity index (χ2n) is 5.89. The van der Waals surface area contributed by atoms with Crippen LogP contribution in [0.1, 0.15) is 45.1 Å². The van der Waals surface area contributed by atoms with E-state index >= 15 is 0 Å². The highest BCUT2D eigenvalue weighted by atomic mass is 16.5. The maximum absolute atomic E-state index is 5.78. The van der Waals surface area contributed by atoms with Crippen molar-refractivity contribution in [2.24, 2.45) is 0 Å². The van der Waals surface area contributed by atoms with E-state index in [1.165, 1.54) is 31.2 Å². The van der Waals surface area contributed by atoms with Crippen molar-refractivity contribution in [3.63, 3.8) is 0 Å². The monoisotopic (exact) mass is 291 g/mol. The van der Waals surface area contributed by atoms with Crippen molar-refractivity contribution in [1.82, 2.24) is 5.32 Å². The zero-order chi connectivity index (χ0) is 14.9. The molecule has 0 aliphatic carbocycles. The maximum Gasteiger partial charge on any atom is 0.119 e. The predicted molar refractivity (Wildman–Crippen MR) is 87.0 cm³/mol. The molecule has 1 heterocycles. The van der Waals surface area contributed by atoms with Gasteiger partial charge >= 0.3 is 0 Å². The molecule has 1 aliphatic rings. The van der Waals surface area contributed by atoms with E-state index in [4.69, 9.17) is 9.47 Å². The molecule has 0 bridgehead atoms. The van der Waals surface area contributed by atoms with Crippen LogP contribution in [0.4, 0.5) is 0 Å². The van der Waals surface area contributed by atoms with Crippen LogP contribution < -0.4 is 10.1 Å². The van der Waals surface area contributed by atoms with Gasteiger partial charge in [-0.15, -0.1) is 0 Å². The SMILES string of the molecule is CCCCc1ccc(OCCNC(C)C2CCCO2)cc1. The van der Waals surface area contributed by atoms with Crippen molar-refractivity contribution in [2.45, 2.75) is 58.1 Å². The lowest BCUT2D eigenvalue weighted by molar-refractivity contribution is 0.0824. The van der Waals surface area contributed by atoms with Crippen LogP contribution in [0, 0.1) is 0 Å². The molecule has 3 heteroatoms. The van der Waals surface area contributed by atoms with Crippen LogP contribution >= 0.6 is 0 Å². The first-order valence-corrected chi connectivity index (χ1v) is 8.36. The molecule has 1 saturated heterocycles. The Balaban J connectivity index is 1.61. The van der Waals surface area contributed by atoms with Crippen molar-refractivity contribution >= 4 is 0 Å². The van der Waals surface area contributed by atoms with Crippen molar-refractivity contribution in [3.8, 4) is 5.75 Å². The fourth-order valence-corrected chi connectivity index (χ4v) is 2.72. The Labute approximate surface area is 129 Å². The van der Waals surface area contributed by atoms with Crippen LogP contribution in [0.15, 0.2) is 24.3 Å². The maximum atomic E-state index is 5.78. The highest BCUT2D eigenvalue weighted by molar-refractivity contribution is 5.27. The van der Waals surface area contributed by atoms with Gasteiger partial charge < -0.3 is 14.8 Å². The van der Waals surface area contributed by atoms with Crippen LogP contribution in [0.25, 0.3) is 0 Å². The van der Waals surface area contributed by atoms with Gasteiger partial charge in [-0.05, 0) is 50.3 Å². The largest absolute Gasteiger partial charge is 0.492 e. The van der Waals surface area contributed by atoms with Gasteiger partial charge in [-0.2, -0.15) is 0 Å². The molecular weight excluding hydrogens is 262 g/mol. The first-order chi connectivity index (χ1) is 10.3. The molecule has 2 unspecified atom stereocenters. The average molecular weight is 291 g/mol. The lowest BCUT2D eigenvalue weighted by atomic mass is 10.1. The minimum absolute atomic E-state index is 0.378. The third-order valence-electron chi connectivity index (χ3n) is 4.10.